The molecule has 6 nitrogen and oxygen atoms in total. The fourth-order valence-electron chi connectivity index (χ4n) is 2.60. The topological polar surface area (TPSA) is 92.1 Å². The molecule has 0 aliphatic rings. The minimum atomic E-state index is -0.984. The van der Waals surface area contributed by atoms with Crippen LogP contribution in [0.5, 0.6) is 0 Å². The summed E-state index contributed by atoms with van der Waals surface area (Å²) in [7, 11) is 0. The van der Waals surface area contributed by atoms with Crippen LogP contribution in [-0.4, -0.2) is 23.5 Å². The third kappa shape index (κ3) is 3.27. The summed E-state index contributed by atoms with van der Waals surface area (Å²) in [5.41, 5.74) is 2.90. The molecule has 0 radical (unpaired) electrons. The minimum absolute atomic E-state index is 0.1000. The van der Waals surface area contributed by atoms with Crippen molar-refractivity contribution < 1.29 is 14.3 Å². The molecule has 2 heterocycles. The Bertz CT molecular complexity index is 1040. The highest BCUT2D eigenvalue weighted by molar-refractivity contribution is 7.20. The van der Waals surface area contributed by atoms with Gasteiger partial charge in [0.2, 0.25) is 0 Å². The Labute approximate surface area is 154 Å². The summed E-state index contributed by atoms with van der Waals surface area (Å²) in [5, 5.41) is 12.6. The van der Waals surface area contributed by atoms with E-state index < -0.39 is 11.9 Å². The van der Waals surface area contributed by atoms with Crippen molar-refractivity contribution in [2.75, 3.05) is 11.9 Å². The second-order valence-corrected chi connectivity index (χ2v) is 6.46. The molecule has 0 unspecified atom stereocenters. The van der Waals surface area contributed by atoms with Gasteiger partial charge in [0.1, 0.15) is 15.8 Å². The first-order chi connectivity index (χ1) is 12.5. The number of ether oxygens (including phenoxy) is 1. The lowest BCUT2D eigenvalue weighted by atomic mass is 10.1. The molecule has 0 aliphatic heterocycles. The van der Waals surface area contributed by atoms with Crippen LogP contribution in [0.4, 0.5) is 5.69 Å². The average molecular weight is 365 g/mol. The zero-order valence-electron chi connectivity index (χ0n) is 14.2. The lowest BCUT2D eigenvalue weighted by molar-refractivity contribution is -0.152. The molecule has 1 aromatic carbocycles. The molecular formula is C19H15N3O3S. The van der Waals surface area contributed by atoms with Gasteiger partial charge in [-0.25, -0.2) is 9.78 Å². The summed E-state index contributed by atoms with van der Waals surface area (Å²) in [6, 6.07) is 13.6. The molecule has 1 amide bonds. The van der Waals surface area contributed by atoms with Crippen LogP contribution in [-0.2, 0) is 14.3 Å². The lowest BCUT2D eigenvalue weighted by Gasteiger charge is -2.07. The first-order valence-electron chi connectivity index (χ1n) is 7.93. The molecule has 2 aromatic heterocycles. The number of rotatable bonds is 3. The lowest BCUT2D eigenvalue weighted by Crippen LogP contribution is -2.25. The maximum Gasteiger partial charge on any atom is 0.397 e. The Kier molecular flexibility index (Phi) is 4.96. The summed E-state index contributed by atoms with van der Waals surface area (Å²) in [6.45, 7) is 3.60. The number of anilines is 1. The van der Waals surface area contributed by atoms with E-state index >= 15 is 0 Å². The molecule has 26 heavy (non-hydrogen) atoms. The van der Waals surface area contributed by atoms with Gasteiger partial charge in [0.15, 0.2) is 0 Å². The molecule has 0 fully saturated rings. The molecule has 7 heteroatoms. The third-order valence-corrected chi connectivity index (χ3v) is 4.72. The van der Waals surface area contributed by atoms with E-state index in [0.29, 0.717) is 20.8 Å². The number of nitrogens with one attached hydrogen (secondary N) is 1. The first kappa shape index (κ1) is 17.6. The van der Waals surface area contributed by atoms with Crippen molar-refractivity contribution in [3.63, 3.8) is 0 Å². The second-order valence-electron chi connectivity index (χ2n) is 5.46. The van der Waals surface area contributed by atoms with E-state index in [4.69, 9.17) is 4.74 Å². The SMILES string of the molecule is CCOC(=O)C(=O)Nc1c(C#N)sc2nc(-c3ccccc3)cc(C)c12. The van der Waals surface area contributed by atoms with Crippen LogP contribution in [0, 0.1) is 18.3 Å². The van der Waals surface area contributed by atoms with Crippen molar-refractivity contribution in [1.82, 2.24) is 4.98 Å². The van der Waals surface area contributed by atoms with E-state index in [-0.39, 0.29) is 6.61 Å². The van der Waals surface area contributed by atoms with Gasteiger partial charge in [-0.15, -0.1) is 11.3 Å². The van der Waals surface area contributed by atoms with Crippen molar-refractivity contribution in [2.24, 2.45) is 0 Å². The van der Waals surface area contributed by atoms with E-state index in [1.54, 1.807) is 6.92 Å². The Balaban J connectivity index is 2.09. The number of nitrogens with zero attached hydrogens (tertiary/aromatic N) is 2. The zero-order chi connectivity index (χ0) is 18.7. The number of esters is 1. The standard InChI is InChI=1S/C19H15N3O3S/c1-3-25-19(24)17(23)22-16-14(10-20)26-18-15(16)11(2)9-13(21-18)12-7-5-4-6-8-12/h4-9H,3H2,1-2H3,(H,22,23). The second kappa shape index (κ2) is 7.33. The van der Waals surface area contributed by atoms with Gasteiger partial charge in [-0.1, -0.05) is 30.3 Å². The van der Waals surface area contributed by atoms with Crippen molar-refractivity contribution in [1.29, 1.82) is 5.26 Å². The number of amides is 1. The fourth-order valence-corrected chi connectivity index (χ4v) is 3.60. The van der Waals surface area contributed by atoms with E-state index in [1.807, 2.05) is 43.3 Å². The number of nitriles is 1. The number of hydrogen-bond donors (Lipinski definition) is 1. The Morgan fingerprint density at radius 2 is 2.04 bits per heavy atom. The van der Waals surface area contributed by atoms with Gasteiger partial charge in [0.25, 0.3) is 0 Å². The number of aromatic nitrogens is 1. The number of carbonyl (C=O) groups is 2. The monoisotopic (exact) mass is 365 g/mol. The van der Waals surface area contributed by atoms with E-state index in [2.05, 4.69) is 16.4 Å². The predicted octanol–water partition coefficient (Wildman–Crippen LogP) is 3.65. The van der Waals surface area contributed by atoms with Crippen LogP contribution in [0.1, 0.15) is 17.4 Å². The summed E-state index contributed by atoms with van der Waals surface area (Å²) in [6.07, 6.45) is 0. The molecule has 130 valence electrons. The quantitative estimate of drug-likeness (QED) is 0.565. The van der Waals surface area contributed by atoms with Crippen molar-refractivity contribution in [3.05, 3.63) is 46.8 Å². The number of hydrogen-bond acceptors (Lipinski definition) is 6. The minimum Gasteiger partial charge on any atom is -0.459 e. The molecule has 0 atom stereocenters. The zero-order valence-corrected chi connectivity index (χ0v) is 15.0. The number of thiophene rings is 1. The van der Waals surface area contributed by atoms with Gasteiger partial charge in [-0.3, -0.25) is 4.79 Å². The fraction of sp³-hybridized carbons (Fsp3) is 0.158. The molecule has 0 saturated carbocycles. The smallest absolute Gasteiger partial charge is 0.397 e. The van der Waals surface area contributed by atoms with Gasteiger partial charge in [0, 0.05) is 10.9 Å². The van der Waals surface area contributed by atoms with Crippen LogP contribution in [0.3, 0.4) is 0 Å². The number of pyridine rings is 1. The highest BCUT2D eigenvalue weighted by Crippen LogP contribution is 2.38. The van der Waals surface area contributed by atoms with Crippen LogP contribution in [0.2, 0.25) is 0 Å². The van der Waals surface area contributed by atoms with E-state index in [9.17, 15) is 14.9 Å². The maximum atomic E-state index is 12.0. The molecule has 3 aromatic rings. The third-order valence-electron chi connectivity index (χ3n) is 3.73. The number of carbonyl (C=O) groups excluding carboxylic acids is 2. The molecule has 0 aliphatic carbocycles. The highest BCUT2D eigenvalue weighted by atomic mass is 32.1. The molecule has 0 spiro atoms. The molecule has 3 rings (SSSR count). The molecule has 1 N–H and O–H groups in total. The van der Waals surface area contributed by atoms with Crippen molar-refractivity contribution in [2.45, 2.75) is 13.8 Å². The molecular weight excluding hydrogens is 350 g/mol. The number of fused-ring (bicyclic) bond motifs is 1. The van der Waals surface area contributed by atoms with Gasteiger partial charge in [0.05, 0.1) is 18.0 Å². The number of aryl methyl sites for hydroxylation is 1. The van der Waals surface area contributed by atoms with Crippen LogP contribution in [0.15, 0.2) is 36.4 Å². The van der Waals surface area contributed by atoms with Gasteiger partial charge in [-0.2, -0.15) is 5.26 Å². The first-order valence-corrected chi connectivity index (χ1v) is 8.74. The maximum absolute atomic E-state index is 12.0. The van der Waals surface area contributed by atoms with Gasteiger partial charge < -0.3 is 10.1 Å². The highest BCUT2D eigenvalue weighted by Gasteiger charge is 2.22. The summed E-state index contributed by atoms with van der Waals surface area (Å²) >= 11 is 1.17. The van der Waals surface area contributed by atoms with Crippen LogP contribution >= 0.6 is 11.3 Å². The number of benzene rings is 1. The van der Waals surface area contributed by atoms with Crippen LogP contribution < -0.4 is 5.32 Å². The van der Waals surface area contributed by atoms with Crippen molar-refractivity contribution in [3.8, 4) is 17.3 Å². The average Bonchev–Trinajstić information content (AvgIpc) is 3.00. The largest absolute Gasteiger partial charge is 0.459 e. The van der Waals surface area contributed by atoms with E-state index in [1.165, 1.54) is 11.3 Å². The van der Waals surface area contributed by atoms with Gasteiger partial charge >= 0.3 is 11.9 Å². The Morgan fingerprint density at radius 1 is 1.31 bits per heavy atom. The van der Waals surface area contributed by atoms with E-state index in [0.717, 1.165) is 16.8 Å². The van der Waals surface area contributed by atoms with Crippen LogP contribution in [0.25, 0.3) is 21.5 Å². The normalized spacial score (nSPS) is 10.3. The molecule has 0 saturated heterocycles. The Morgan fingerprint density at radius 3 is 2.69 bits per heavy atom. The summed E-state index contributed by atoms with van der Waals surface area (Å²) in [4.78, 5) is 29.1. The summed E-state index contributed by atoms with van der Waals surface area (Å²) < 4.78 is 4.70. The van der Waals surface area contributed by atoms with Gasteiger partial charge in [-0.05, 0) is 25.5 Å². The molecule has 0 bridgehead atoms. The predicted molar refractivity (Wildman–Crippen MR) is 99.8 cm³/mol. The Hall–Kier alpha value is -3.24. The summed E-state index contributed by atoms with van der Waals surface area (Å²) in [5.74, 6) is -1.89. The van der Waals surface area contributed by atoms with Crippen molar-refractivity contribution >= 4 is 39.1 Å².